The Balaban J connectivity index is 2.32. The van der Waals surface area contributed by atoms with Crippen molar-refractivity contribution in [2.45, 2.75) is 32.7 Å². The Morgan fingerprint density at radius 1 is 1.19 bits per heavy atom. The van der Waals surface area contributed by atoms with Crippen LogP contribution in [0.25, 0.3) is 0 Å². The molecule has 1 rings (SSSR count). The van der Waals surface area contributed by atoms with Gasteiger partial charge in [0.1, 0.15) is 0 Å². The minimum Gasteiger partial charge on any atom is -0.354 e. The summed E-state index contributed by atoms with van der Waals surface area (Å²) in [6.45, 7) is 5.59. The van der Waals surface area contributed by atoms with E-state index in [2.05, 4.69) is 5.32 Å². The summed E-state index contributed by atoms with van der Waals surface area (Å²) >= 11 is 0. The third-order valence-electron chi connectivity index (χ3n) is 3.39. The highest BCUT2D eigenvalue weighted by atomic mass is 16.2. The molecule has 0 aliphatic rings. The number of nitrogens with one attached hydrogen (secondary N) is 1. The average Bonchev–Trinajstić information content (AvgIpc) is 2.49. The summed E-state index contributed by atoms with van der Waals surface area (Å²) in [6, 6.07) is 9.06. The fraction of sp³-hybridized carbons (Fsp3) is 0.500. The summed E-state index contributed by atoms with van der Waals surface area (Å²) in [7, 11) is 0. The first kappa shape index (κ1) is 17.2. The standard InChI is InChI=1S/C16H25N3O2/c1-3-19(4-2)15(20)10-11-18-16(21)14(17)12-13-8-6-5-7-9-13/h5-9,14H,3-4,10-12,17H2,1-2H3,(H,18,21)/t14-/m1/s1. The van der Waals surface area contributed by atoms with Gasteiger partial charge >= 0.3 is 0 Å². The third kappa shape index (κ3) is 5.95. The summed E-state index contributed by atoms with van der Waals surface area (Å²) in [5, 5.41) is 2.73. The van der Waals surface area contributed by atoms with E-state index in [1.54, 1.807) is 4.90 Å². The van der Waals surface area contributed by atoms with E-state index in [1.807, 2.05) is 44.2 Å². The Morgan fingerprint density at radius 2 is 1.81 bits per heavy atom. The first-order valence-electron chi connectivity index (χ1n) is 7.43. The predicted molar refractivity (Wildman–Crippen MR) is 83.7 cm³/mol. The summed E-state index contributed by atoms with van der Waals surface area (Å²) in [5.74, 6) is -0.164. The summed E-state index contributed by atoms with van der Waals surface area (Å²) in [6.07, 6.45) is 0.808. The molecule has 5 nitrogen and oxygen atoms in total. The smallest absolute Gasteiger partial charge is 0.237 e. The second kappa shape index (κ2) is 9.13. The largest absolute Gasteiger partial charge is 0.354 e. The van der Waals surface area contributed by atoms with Gasteiger partial charge in [-0.1, -0.05) is 30.3 Å². The van der Waals surface area contributed by atoms with Crippen LogP contribution in [0.3, 0.4) is 0 Å². The van der Waals surface area contributed by atoms with Crippen LogP contribution in [-0.4, -0.2) is 42.4 Å². The molecule has 1 aromatic carbocycles. The van der Waals surface area contributed by atoms with Crippen molar-refractivity contribution in [3.05, 3.63) is 35.9 Å². The summed E-state index contributed by atoms with van der Waals surface area (Å²) in [4.78, 5) is 25.4. The molecule has 0 spiro atoms. The highest BCUT2D eigenvalue weighted by Gasteiger charge is 2.15. The van der Waals surface area contributed by atoms with Crippen molar-refractivity contribution in [1.82, 2.24) is 10.2 Å². The lowest BCUT2D eigenvalue weighted by Crippen LogP contribution is -2.43. The lowest BCUT2D eigenvalue weighted by atomic mass is 10.1. The Labute approximate surface area is 126 Å². The van der Waals surface area contributed by atoms with Crippen LogP contribution >= 0.6 is 0 Å². The topological polar surface area (TPSA) is 75.4 Å². The molecule has 0 bridgehead atoms. The van der Waals surface area contributed by atoms with Gasteiger partial charge in [-0.2, -0.15) is 0 Å². The van der Waals surface area contributed by atoms with E-state index in [-0.39, 0.29) is 11.8 Å². The second-order valence-electron chi connectivity index (χ2n) is 4.90. The van der Waals surface area contributed by atoms with Crippen molar-refractivity contribution in [2.24, 2.45) is 5.73 Å². The molecule has 2 amide bonds. The molecule has 1 atom stereocenters. The molecule has 0 heterocycles. The van der Waals surface area contributed by atoms with E-state index in [4.69, 9.17) is 5.73 Å². The van der Waals surface area contributed by atoms with Crippen LogP contribution < -0.4 is 11.1 Å². The zero-order valence-electron chi connectivity index (χ0n) is 12.8. The number of carbonyl (C=O) groups excluding carboxylic acids is 2. The fourth-order valence-electron chi connectivity index (χ4n) is 2.12. The van der Waals surface area contributed by atoms with E-state index in [1.165, 1.54) is 0 Å². The number of amides is 2. The van der Waals surface area contributed by atoms with Crippen molar-refractivity contribution in [3.8, 4) is 0 Å². The van der Waals surface area contributed by atoms with Gasteiger partial charge in [0.15, 0.2) is 0 Å². The number of nitrogens with two attached hydrogens (primary N) is 1. The van der Waals surface area contributed by atoms with Crippen LogP contribution in [0, 0.1) is 0 Å². The molecule has 0 fully saturated rings. The van der Waals surface area contributed by atoms with Crippen molar-refractivity contribution in [2.75, 3.05) is 19.6 Å². The molecule has 0 unspecified atom stereocenters. The molecular formula is C16H25N3O2. The molecule has 0 radical (unpaired) electrons. The Kier molecular flexibility index (Phi) is 7.46. The van der Waals surface area contributed by atoms with Crippen molar-refractivity contribution in [3.63, 3.8) is 0 Å². The minimum atomic E-state index is -0.587. The molecule has 1 aromatic rings. The van der Waals surface area contributed by atoms with Gasteiger partial charge < -0.3 is 16.0 Å². The summed E-state index contributed by atoms with van der Waals surface area (Å²) < 4.78 is 0. The normalized spacial score (nSPS) is 11.8. The molecule has 21 heavy (non-hydrogen) atoms. The number of carbonyl (C=O) groups is 2. The predicted octanol–water partition coefficient (Wildman–Crippen LogP) is 0.931. The molecule has 3 N–H and O–H groups in total. The number of nitrogens with zero attached hydrogens (tertiary/aromatic N) is 1. The lowest BCUT2D eigenvalue weighted by Gasteiger charge is -2.19. The van der Waals surface area contributed by atoms with Crippen LogP contribution in [0.4, 0.5) is 0 Å². The molecule has 5 heteroatoms. The number of benzene rings is 1. The van der Waals surface area contributed by atoms with Gasteiger partial charge in [-0.3, -0.25) is 9.59 Å². The zero-order valence-corrected chi connectivity index (χ0v) is 12.8. The maximum absolute atomic E-state index is 11.9. The van der Waals surface area contributed by atoms with Gasteiger partial charge in [0, 0.05) is 26.1 Å². The molecule has 0 aromatic heterocycles. The van der Waals surface area contributed by atoms with Gasteiger partial charge in [-0.15, -0.1) is 0 Å². The third-order valence-corrected chi connectivity index (χ3v) is 3.39. The van der Waals surface area contributed by atoms with E-state index in [0.717, 1.165) is 5.56 Å². The quantitative estimate of drug-likeness (QED) is 0.748. The van der Waals surface area contributed by atoms with Gasteiger partial charge in [0.25, 0.3) is 0 Å². The SMILES string of the molecule is CCN(CC)C(=O)CCNC(=O)[C@H](N)Cc1ccccc1. The fourth-order valence-corrected chi connectivity index (χ4v) is 2.12. The first-order valence-corrected chi connectivity index (χ1v) is 7.43. The van der Waals surface area contributed by atoms with Gasteiger partial charge in [0.2, 0.25) is 11.8 Å². The number of hydrogen-bond acceptors (Lipinski definition) is 3. The van der Waals surface area contributed by atoms with Crippen molar-refractivity contribution >= 4 is 11.8 Å². The summed E-state index contributed by atoms with van der Waals surface area (Å²) in [5.41, 5.74) is 6.90. The Bertz CT molecular complexity index is 444. The highest BCUT2D eigenvalue weighted by Crippen LogP contribution is 2.02. The lowest BCUT2D eigenvalue weighted by molar-refractivity contribution is -0.130. The average molecular weight is 291 g/mol. The molecule has 116 valence electrons. The van der Waals surface area contributed by atoms with Crippen LogP contribution in [0.5, 0.6) is 0 Å². The monoisotopic (exact) mass is 291 g/mol. The van der Waals surface area contributed by atoms with Crippen molar-refractivity contribution < 1.29 is 9.59 Å². The van der Waals surface area contributed by atoms with Gasteiger partial charge in [-0.25, -0.2) is 0 Å². The zero-order chi connectivity index (χ0) is 15.7. The molecule has 0 saturated heterocycles. The molecular weight excluding hydrogens is 266 g/mol. The van der Waals surface area contributed by atoms with Crippen LogP contribution in [0.2, 0.25) is 0 Å². The molecule has 0 aliphatic heterocycles. The van der Waals surface area contributed by atoms with Gasteiger partial charge in [-0.05, 0) is 25.8 Å². The molecule has 0 aliphatic carbocycles. The van der Waals surface area contributed by atoms with Gasteiger partial charge in [0.05, 0.1) is 6.04 Å². The number of rotatable bonds is 8. The minimum absolute atomic E-state index is 0.0527. The number of hydrogen-bond donors (Lipinski definition) is 2. The van der Waals surface area contributed by atoms with Crippen LogP contribution in [0.1, 0.15) is 25.8 Å². The Hall–Kier alpha value is -1.88. The maximum atomic E-state index is 11.9. The maximum Gasteiger partial charge on any atom is 0.237 e. The van der Waals surface area contributed by atoms with Crippen LogP contribution in [0.15, 0.2) is 30.3 Å². The second-order valence-corrected chi connectivity index (χ2v) is 4.90. The van der Waals surface area contributed by atoms with E-state index in [9.17, 15) is 9.59 Å². The molecule has 0 saturated carbocycles. The van der Waals surface area contributed by atoms with E-state index in [0.29, 0.717) is 32.5 Å². The van der Waals surface area contributed by atoms with E-state index >= 15 is 0 Å². The van der Waals surface area contributed by atoms with E-state index < -0.39 is 6.04 Å². The van der Waals surface area contributed by atoms with Crippen molar-refractivity contribution in [1.29, 1.82) is 0 Å². The van der Waals surface area contributed by atoms with Crippen LogP contribution in [-0.2, 0) is 16.0 Å². The Morgan fingerprint density at radius 3 is 2.38 bits per heavy atom. The highest BCUT2D eigenvalue weighted by molar-refractivity contribution is 5.82. The first-order chi connectivity index (χ1) is 10.1.